The molecule has 2 aliphatic carbocycles. The third-order valence-electron chi connectivity index (χ3n) is 9.20. The predicted octanol–water partition coefficient (Wildman–Crippen LogP) is 8.09. The first kappa shape index (κ1) is 25.2. The third kappa shape index (κ3) is 4.77. The lowest BCUT2D eigenvalue weighted by Gasteiger charge is -2.46. The van der Waals surface area contributed by atoms with Gasteiger partial charge in [0.2, 0.25) is 0 Å². The summed E-state index contributed by atoms with van der Waals surface area (Å²) in [7, 11) is 0. The summed E-state index contributed by atoms with van der Waals surface area (Å²) in [6.07, 6.45) is 16.4. The molecule has 3 heteroatoms. The van der Waals surface area contributed by atoms with Crippen molar-refractivity contribution >= 4 is 23.0 Å². The van der Waals surface area contributed by atoms with E-state index in [0.29, 0.717) is 23.5 Å². The molecule has 1 saturated carbocycles. The van der Waals surface area contributed by atoms with Crippen molar-refractivity contribution in [3.8, 4) is 0 Å². The van der Waals surface area contributed by atoms with E-state index < -0.39 is 0 Å². The number of rotatable bonds is 7. The molecule has 2 aromatic rings. The lowest BCUT2D eigenvalue weighted by molar-refractivity contribution is 0.149. The third-order valence-corrected chi connectivity index (χ3v) is 9.43. The van der Waals surface area contributed by atoms with Gasteiger partial charge < -0.3 is 10.6 Å². The van der Waals surface area contributed by atoms with Gasteiger partial charge in [-0.1, -0.05) is 61.5 Å². The van der Waals surface area contributed by atoms with Crippen LogP contribution < -0.4 is 10.6 Å². The van der Waals surface area contributed by atoms with Crippen LogP contribution >= 0.6 is 11.6 Å². The summed E-state index contributed by atoms with van der Waals surface area (Å²) in [5.74, 6) is 1.82. The molecule has 2 N–H and O–H groups in total. The highest BCUT2D eigenvalue weighted by molar-refractivity contribution is 6.30. The smallest absolute Gasteiger partial charge is 0.0408 e. The Bertz CT molecular complexity index is 1160. The SMILES string of the molecule is C=CC(/C=C/CC)C1CCC1CN1C[C@@]2(CCCc3cc(Cl)ccc32)CCc2ccc(C(=C)N)cc21. The van der Waals surface area contributed by atoms with Gasteiger partial charge in [-0.25, -0.2) is 0 Å². The van der Waals surface area contributed by atoms with E-state index in [1.807, 2.05) is 0 Å². The fourth-order valence-electron chi connectivity index (χ4n) is 7.10. The van der Waals surface area contributed by atoms with Gasteiger partial charge >= 0.3 is 0 Å². The fourth-order valence-corrected chi connectivity index (χ4v) is 7.29. The van der Waals surface area contributed by atoms with Crippen LogP contribution in [-0.2, 0) is 18.3 Å². The van der Waals surface area contributed by atoms with Crippen LogP contribution in [0.5, 0.6) is 0 Å². The number of anilines is 1. The Labute approximate surface area is 222 Å². The van der Waals surface area contributed by atoms with E-state index in [-0.39, 0.29) is 5.41 Å². The average molecular weight is 501 g/mol. The number of hydrogen-bond acceptors (Lipinski definition) is 2. The molecule has 3 unspecified atom stereocenters. The second kappa shape index (κ2) is 10.5. The number of nitrogens with two attached hydrogens (primary N) is 1. The molecule has 4 atom stereocenters. The van der Waals surface area contributed by atoms with Crippen LogP contribution in [0.2, 0.25) is 5.02 Å². The van der Waals surface area contributed by atoms with Crippen molar-refractivity contribution in [2.75, 3.05) is 18.0 Å². The monoisotopic (exact) mass is 500 g/mol. The number of aryl methyl sites for hydroxylation is 2. The maximum Gasteiger partial charge on any atom is 0.0408 e. The van der Waals surface area contributed by atoms with Gasteiger partial charge in [0.1, 0.15) is 0 Å². The molecule has 0 bridgehead atoms. The van der Waals surface area contributed by atoms with Crippen LogP contribution in [0.4, 0.5) is 5.69 Å². The molecule has 3 aliphatic rings. The first-order valence-electron chi connectivity index (χ1n) is 13.8. The molecule has 1 aliphatic heterocycles. The quantitative estimate of drug-likeness (QED) is 0.389. The molecular formula is C33H41ClN2. The molecule has 0 aromatic heterocycles. The van der Waals surface area contributed by atoms with Crippen molar-refractivity contribution < 1.29 is 0 Å². The van der Waals surface area contributed by atoms with Crippen LogP contribution in [0, 0.1) is 17.8 Å². The van der Waals surface area contributed by atoms with Crippen molar-refractivity contribution in [3.05, 3.63) is 95.1 Å². The van der Waals surface area contributed by atoms with Gasteiger partial charge in [-0.15, -0.1) is 6.58 Å². The molecule has 5 rings (SSSR count). The molecule has 0 saturated heterocycles. The van der Waals surface area contributed by atoms with Crippen molar-refractivity contribution in [2.45, 2.75) is 63.7 Å². The molecule has 1 spiro atoms. The summed E-state index contributed by atoms with van der Waals surface area (Å²) in [6.45, 7) is 12.6. The van der Waals surface area contributed by atoms with Crippen LogP contribution in [0.15, 0.2) is 67.8 Å². The van der Waals surface area contributed by atoms with Crippen LogP contribution in [0.25, 0.3) is 5.70 Å². The lowest BCUT2D eigenvalue weighted by atomic mass is 9.65. The molecule has 0 radical (unpaired) electrons. The molecule has 190 valence electrons. The minimum atomic E-state index is 0.163. The van der Waals surface area contributed by atoms with Crippen molar-refractivity contribution in [1.82, 2.24) is 0 Å². The van der Waals surface area contributed by atoms with Gasteiger partial charge in [0.15, 0.2) is 0 Å². The van der Waals surface area contributed by atoms with Gasteiger partial charge in [0.25, 0.3) is 0 Å². The largest absolute Gasteiger partial charge is 0.399 e. The molecule has 0 amide bonds. The summed E-state index contributed by atoms with van der Waals surface area (Å²) in [5, 5.41) is 0.860. The molecule has 2 aromatic carbocycles. The number of fused-ring (bicyclic) bond motifs is 3. The Balaban J connectivity index is 1.51. The highest BCUT2D eigenvalue weighted by Gasteiger charge is 2.42. The van der Waals surface area contributed by atoms with Crippen molar-refractivity contribution in [3.63, 3.8) is 0 Å². The molecular weight excluding hydrogens is 460 g/mol. The fraction of sp³-hybridized carbons (Fsp3) is 0.455. The zero-order valence-corrected chi connectivity index (χ0v) is 22.6. The predicted molar refractivity (Wildman–Crippen MR) is 156 cm³/mol. The zero-order valence-electron chi connectivity index (χ0n) is 21.8. The molecule has 36 heavy (non-hydrogen) atoms. The van der Waals surface area contributed by atoms with Gasteiger partial charge in [0, 0.05) is 34.9 Å². The van der Waals surface area contributed by atoms with Crippen molar-refractivity contribution in [2.24, 2.45) is 23.5 Å². The Morgan fingerprint density at radius 2 is 2.03 bits per heavy atom. The van der Waals surface area contributed by atoms with E-state index >= 15 is 0 Å². The summed E-state index contributed by atoms with van der Waals surface area (Å²) in [4.78, 5) is 2.72. The second-order valence-corrected chi connectivity index (χ2v) is 11.8. The van der Waals surface area contributed by atoms with E-state index in [1.54, 1.807) is 0 Å². The molecule has 2 nitrogen and oxygen atoms in total. The van der Waals surface area contributed by atoms with Crippen molar-refractivity contribution in [1.29, 1.82) is 0 Å². The van der Waals surface area contributed by atoms with E-state index in [0.717, 1.165) is 42.9 Å². The van der Waals surface area contributed by atoms with E-state index in [2.05, 4.69) is 79.6 Å². The van der Waals surface area contributed by atoms with Crippen LogP contribution in [0.1, 0.15) is 67.7 Å². The van der Waals surface area contributed by atoms with Gasteiger partial charge in [-0.2, -0.15) is 0 Å². The first-order chi connectivity index (χ1) is 17.4. The van der Waals surface area contributed by atoms with E-state index in [1.165, 1.54) is 54.5 Å². The molecule has 1 fully saturated rings. The number of nitrogens with zero attached hydrogens (tertiary/aromatic N) is 1. The lowest BCUT2D eigenvalue weighted by Crippen LogP contribution is -2.47. The minimum absolute atomic E-state index is 0.163. The summed E-state index contributed by atoms with van der Waals surface area (Å²) < 4.78 is 0. The Morgan fingerprint density at radius 1 is 1.17 bits per heavy atom. The highest BCUT2D eigenvalue weighted by atomic mass is 35.5. The summed E-state index contributed by atoms with van der Waals surface area (Å²) in [5.41, 5.74) is 13.8. The van der Waals surface area contributed by atoms with E-state index in [4.69, 9.17) is 17.3 Å². The summed E-state index contributed by atoms with van der Waals surface area (Å²) in [6, 6.07) is 13.4. The normalized spacial score (nSPS) is 26.1. The Hall–Kier alpha value is -2.45. The van der Waals surface area contributed by atoms with Gasteiger partial charge in [-0.05, 0) is 110 Å². The van der Waals surface area contributed by atoms with Crippen LogP contribution in [-0.4, -0.2) is 13.1 Å². The number of benzene rings is 2. The van der Waals surface area contributed by atoms with Crippen LogP contribution in [0.3, 0.4) is 0 Å². The Kier molecular flexibility index (Phi) is 7.35. The molecule has 1 heterocycles. The summed E-state index contributed by atoms with van der Waals surface area (Å²) >= 11 is 6.43. The average Bonchev–Trinajstić information content (AvgIpc) is 3.01. The maximum atomic E-state index is 6.43. The number of halogens is 1. The first-order valence-corrected chi connectivity index (χ1v) is 14.2. The Morgan fingerprint density at radius 3 is 2.75 bits per heavy atom. The standard InChI is InChI=1S/C33H41ClN2/c1-4-6-8-24(5-2)30-14-12-28(30)21-36-22-33(17-7-9-27-19-29(34)13-15-31(27)33)18-16-25-10-11-26(23(3)35)20-32(25)36/h5-6,8,10-11,13,15,19-20,24,28,30H,2-4,7,9,12,14,16-18,21-22,35H2,1H3/b8-6+/t24?,28?,30?,33-/m1/s1. The number of allylic oxidation sites excluding steroid dienone is 3. The van der Waals surface area contributed by atoms with E-state index in [9.17, 15) is 0 Å². The maximum absolute atomic E-state index is 6.43. The minimum Gasteiger partial charge on any atom is -0.399 e. The number of hydrogen-bond donors (Lipinski definition) is 1. The topological polar surface area (TPSA) is 29.3 Å². The zero-order chi connectivity index (χ0) is 25.3. The van der Waals surface area contributed by atoms with Gasteiger partial charge in [-0.3, -0.25) is 0 Å². The second-order valence-electron chi connectivity index (χ2n) is 11.3. The highest BCUT2D eigenvalue weighted by Crippen LogP contribution is 2.48. The van der Waals surface area contributed by atoms with Gasteiger partial charge in [0.05, 0.1) is 0 Å².